The maximum absolute atomic E-state index is 12.3. The predicted molar refractivity (Wildman–Crippen MR) is 103 cm³/mol. The molecule has 136 valence electrons. The highest BCUT2D eigenvalue weighted by Gasteiger charge is 2.11. The van der Waals surface area contributed by atoms with E-state index in [1.807, 2.05) is 26.0 Å². The largest absolute Gasteiger partial charge is 0.491 e. The fourth-order valence-electron chi connectivity index (χ4n) is 2.58. The highest BCUT2D eigenvalue weighted by molar-refractivity contribution is 9.10. The first-order valence-electron chi connectivity index (χ1n) is 8.23. The molecule has 24 heavy (non-hydrogen) atoms. The van der Waals surface area contributed by atoms with E-state index in [2.05, 4.69) is 31.5 Å². The smallest absolute Gasteiger partial charge is 0.251 e. The molecule has 1 aliphatic rings. The van der Waals surface area contributed by atoms with Crippen molar-refractivity contribution in [2.75, 3.05) is 39.3 Å². The van der Waals surface area contributed by atoms with Gasteiger partial charge in [-0.3, -0.25) is 4.79 Å². The molecular weight excluding hydrogens is 394 g/mol. The summed E-state index contributed by atoms with van der Waals surface area (Å²) < 4.78 is 6.52. The van der Waals surface area contributed by atoms with Crippen molar-refractivity contribution < 1.29 is 9.53 Å². The predicted octanol–water partition coefficient (Wildman–Crippen LogP) is 2.68. The van der Waals surface area contributed by atoms with Gasteiger partial charge in [-0.25, -0.2) is 0 Å². The van der Waals surface area contributed by atoms with Crippen LogP contribution in [0, 0.1) is 0 Å². The SMILES string of the molecule is CC(C)Oc1cc(Br)cc(C(=O)NCCCN2CCNCC2)c1.Cl. The normalized spacial score (nSPS) is 15.0. The van der Waals surface area contributed by atoms with Crippen LogP contribution in [0.15, 0.2) is 22.7 Å². The number of ether oxygens (including phenoxy) is 1. The number of rotatable bonds is 7. The molecule has 0 spiro atoms. The zero-order valence-corrected chi connectivity index (χ0v) is 16.7. The summed E-state index contributed by atoms with van der Waals surface area (Å²) in [5, 5.41) is 6.33. The summed E-state index contributed by atoms with van der Waals surface area (Å²) in [6.07, 6.45) is 1.05. The van der Waals surface area contributed by atoms with Crippen LogP contribution in [0.2, 0.25) is 0 Å². The van der Waals surface area contributed by atoms with Crippen LogP contribution in [0.3, 0.4) is 0 Å². The molecule has 1 fully saturated rings. The van der Waals surface area contributed by atoms with Gasteiger partial charge >= 0.3 is 0 Å². The average Bonchev–Trinajstić information content (AvgIpc) is 2.51. The molecule has 7 heteroatoms. The first kappa shape index (κ1) is 21.2. The van der Waals surface area contributed by atoms with Crippen molar-refractivity contribution in [1.29, 1.82) is 0 Å². The molecule has 0 unspecified atom stereocenters. The number of halogens is 2. The number of hydrogen-bond donors (Lipinski definition) is 2. The number of hydrogen-bond acceptors (Lipinski definition) is 4. The minimum Gasteiger partial charge on any atom is -0.491 e. The summed E-state index contributed by atoms with van der Waals surface area (Å²) in [6, 6.07) is 5.48. The number of benzene rings is 1. The first-order valence-corrected chi connectivity index (χ1v) is 9.02. The Morgan fingerprint density at radius 1 is 1.33 bits per heavy atom. The molecule has 0 aliphatic carbocycles. The molecule has 0 saturated carbocycles. The van der Waals surface area contributed by atoms with Gasteiger partial charge in [0.1, 0.15) is 5.75 Å². The molecule has 0 radical (unpaired) electrons. The molecule has 2 rings (SSSR count). The summed E-state index contributed by atoms with van der Waals surface area (Å²) in [7, 11) is 0. The Kier molecular flexibility index (Phi) is 9.66. The minimum absolute atomic E-state index is 0. The molecule has 2 N–H and O–H groups in total. The molecule has 1 amide bonds. The lowest BCUT2D eigenvalue weighted by Gasteiger charge is -2.27. The van der Waals surface area contributed by atoms with E-state index in [1.165, 1.54) is 0 Å². The minimum atomic E-state index is -0.0554. The Balaban J connectivity index is 0.00000288. The summed E-state index contributed by atoms with van der Waals surface area (Å²) in [6.45, 7) is 9.96. The van der Waals surface area contributed by atoms with Crippen molar-refractivity contribution in [1.82, 2.24) is 15.5 Å². The quantitative estimate of drug-likeness (QED) is 0.666. The third-order valence-corrected chi connectivity index (χ3v) is 4.11. The standard InChI is InChI=1S/C17H26BrN3O2.ClH/c1-13(2)23-16-11-14(10-15(18)12-16)17(22)20-4-3-7-21-8-5-19-6-9-21;/h10-13,19H,3-9H2,1-2H3,(H,20,22);1H. The van der Waals surface area contributed by atoms with Gasteiger partial charge in [-0.1, -0.05) is 15.9 Å². The summed E-state index contributed by atoms with van der Waals surface area (Å²) in [4.78, 5) is 14.7. The number of amides is 1. The fourth-order valence-corrected chi connectivity index (χ4v) is 3.05. The maximum atomic E-state index is 12.3. The van der Waals surface area contributed by atoms with Crippen molar-refractivity contribution in [2.24, 2.45) is 0 Å². The molecule has 0 bridgehead atoms. The van der Waals surface area contributed by atoms with Gasteiger partial charge in [-0.05, 0) is 45.0 Å². The van der Waals surface area contributed by atoms with E-state index < -0.39 is 0 Å². The van der Waals surface area contributed by atoms with Crippen LogP contribution in [0.1, 0.15) is 30.6 Å². The molecule has 1 heterocycles. The van der Waals surface area contributed by atoms with Crippen LogP contribution in [-0.2, 0) is 0 Å². The highest BCUT2D eigenvalue weighted by Crippen LogP contribution is 2.22. The van der Waals surface area contributed by atoms with Crippen LogP contribution in [0.5, 0.6) is 5.75 Å². The van der Waals surface area contributed by atoms with Crippen molar-refractivity contribution >= 4 is 34.2 Å². The zero-order chi connectivity index (χ0) is 16.7. The van der Waals surface area contributed by atoms with Crippen LogP contribution in [0.4, 0.5) is 0 Å². The Bertz CT molecular complexity index is 523. The fraction of sp³-hybridized carbons (Fsp3) is 0.588. The summed E-state index contributed by atoms with van der Waals surface area (Å²) >= 11 is 3.43. The Hall–Kier alpha value is -0.820. The van der Waals surface area contributed by atoms with Crippen molar-refractivity contribution in [3.63, 3.8) is 0 Å². The molecular formula is C17H27BrClN3O2. The van der Waals surface area contributed by atoms with E-state index in [0.29, 0.717) is 17.9 Å². The van der Waals surface area contributed by atoms with Crippen molar-refractivity contribution in [2.45, 2.75) is 26.4 Å². The third kappa shape index (κ3) is 7.38. The lowest BCUT2D eigenvalue weighted by molar-refractivity contribution is 0.0950. The molecule has 1 aromatic rings. The van der Waals surface area contributed by atoms with Crippen molar-refractivity contribution in [3.8, 4) is 5.75 Å². The molecule has 1 saturated heterocycles. The van der Waals surface area contributed by atoms with E-state index in [-0.39, 0.29) is 24.4 Å². The van der Waals surface area contributed by atoms with Crippen LogP contribution in [0.25, 0.3) is 0 Å². The van der Waals surface area contributed by atoms with Gasteiger partial charge in [0, 0.05) is 42.8 Å². The average molecular weight is 421 g/mol. The zero-order valence-electron chi connectivity index (χ0n) is 14.3. The summed E-state index contributed by atoms with van der Waals surface area (Å²) in [5.41, 5.74) is 0.622. The summed E-state index contributed by atoms with van der Waals surface area (Å²) in [5.74, 6) is 0.653. The van der Waals surface area contributed by atoms with Crippen LogP contribution < -0.4 is 15.4 Å². The van der Waals surface area contributed by atoms with Gasteiger partial charge in [-0.15, -0.1) is 12.4 Å². The second-order valence-electron chi connectivity index (χ2n) is 6.04. The molecule has 5 nitrogen and oxygen atoms in total. The number of piperazine rings is 1. The second-order valence-corrected chi connectivity index (χ2v) is 6.96. The number of carbonyl (C=O) groups is 1. The Morgan fingerprint density at radius 3 is 2.71 bits per heavy atom. The monoisotopic (exact) mass is 419 g/mol. The van der Waals surface area contributed by atoms with Crippen molar-refractivity contribution in [3.05, 3.63) is 28.2 Å². The lowest BCUT2D eigenvalue weighted by Crippen LogP contribution is -2.44. The van der Waals surface area contributed by atoms with E-state index in [9.17, 15) is 4.79 Å². The van der Waals surface area contributed by atoms with Crippen LogP contribution >= 0.6 is 28.3 Å². The van der Waals surface area contributed by atoms with E-state index >= 15 is 0 Å². The Labute approximate surface area is 159 Å². The molecule has 0 atom stereocenters. The lowest BCUT2D eigenvalue weighted by atomic mass is 10.2. The highest BCUT2D eigenvalue weighted by atomic mass is 79.9. The number of carbonyl (C=O) groups excluding carboxylic acids is 1. The Morgan fingerprint density at radius 2 is 2.04 bits per heavy atom. The van der Waals surface area contributed by atoms with Gasteiger partial charge in [0.25, 0.3) is 5.91 Å². The topological polar surface area (TPSA) is 53.6 Å². The molecule has 1 aliphatic heterocycles. The second kappa shape index (κ2) is 10.9. The van der Waals surface area contributed by atoms with E-state index in [0.717, 1.165) is 43.6 Å². The first-order chi connectivity index (χ1) is 11.0. The van der Waals surface area contributed by atoms with Gasteiger partial charge < -0.3 is 20.3 Å². The number of nitrogens with one attached hydrogen (secondary N) is 2. The third-order valence-electron chi connectivity index (χ3n) is 3.65. The van der Waals surface area contributed by atoms with E-state index in [1.54, 1.807) is 6.07 Å². The van der Waals surface area contributed by atoms with Gasteiger partial charge in [0.15, 0.2) is 0 Å². The molecule has 1 aromatic carbocycles. The maximum Gasteiger partial charge on any atom is 0.251 e. The number of nitrogens with zero attached hydrogens (tertiary/aromatic N) is 1. The van der Waals surface area contributed by atoms with E-state index in [4.69, 9.17) is 4.74 Å². The van der Waals surface area contributed by atoms with Gasteiger partial charge in [0.2, 0.25) is 0 Å². The van der Waals surface area contributed by atoms with Gasteiger partial charge in [0.05, 0.1) is 6.10 Å². The van der Waals surface area contributed by atoms with Crippen LogP contribution in [-0.4, -0.2) is 56.2 Å². The van der Waals surface area contributed by atoms with Gasteiger partial charge in [-0.2, -0.15) is 0 Å². The molecule has 0 aromatic heterocycles.